The monoisotopic (exact) mass is 378 g/mol. The van der Waals surface area contributed by atoms with Gasteiger partial charge in [0.2, 0.25) is 6.10 Å². The highest BCUT2D eigenvalue weighted by Gasteiger charge is 2.32. The van der Waals surface area contributed by atoms with Gasteiger partial charge < -0.3 is 9.64 Å². The molecule has 1 aromatic heterocycles. The van der Waals surface area contributed by atoms with E-state index in [0.717, 1.165) is 12.8 Å². The molecule has 130 valence electrons. The van der Waals surface area contributed by atoms with Crippen LogP contribution in [0.1, 0.15) is 35.0 Å². The summed E-state index contributed by atoms with van der Waals surface area (Å²) < 4.78 is 5.50. The van der Waals surface area contributed by atoms with Crippen molar-refractivity contribution in [2.75, 3.05) is 13.1 Å². The topological polar surface area (TPSA) is 59.5 Å². The molecule has 1 atom stereocenters. The molecule has 0 aliphatic carbocycles. The number of amides is 1. The molecule has 0 saturated carbocycles. The van der Waals surface area contributed by atoms with Gasteiger partial charge in [-0.05, 0) is 25.0 Å². The van der Waals surface area contributed by atoms with Gasteiger partial charge in [-0.25, -0.2) is 9.78 Å². The number of esters is 1. The zero-order valence-electron chi connectivity index (χ0n) is 13.3. The SMILES string of the molecule is O=C(OC(C(=O)N1CCCC1)c1ccccc1)c1nc(Cl)ccc1Cl. The number of hydrogen-bond acceptors (Lipinski definition) is 4. The average molecular weight is 379 g/mol. The van der Waals surface area contributed by atoms with Crippen LogP contribution in [0.4, 0.5) is 0 Å². The van der Waals surface area contributed by atoms with Crippen LogP contribution < -0.4 is 0 Å². The molecule has 3 rings (SSSR count). The quantitative estimate of drug-likeness (QED) is 0.597. The summed E-state index contributed by atoms with van der Waals surface area (Å²) in [6.07, 6.45) is 0.856. The van der Waals surface area contributed by atoms with E-state index >= 15 is 0 Å². The van der Waals surface area contributed by atoms with Crippen LogP contribution >= 0.6 is 23.2 Å². The van der Waals surface area contributed by atoms with Crippen molar-refractivity contribution in [1.82, 2.24) is 9.88 Å². The lowest BCUT2D eigenvalue weighted by molar-refractivity contribution is -0.140. The largest absolute Gasteiger partial charge is 0.443 e. The second kappa shape index (κ2) is 7.85. The summed E-state index contributed by atoms with van der Waals surface area (Å²) in [7, 11) is 0. The van der Waals surface area contributed by atoms with Crippen LogP contribution in [0.15, 0.2) is 42.5 Å². The fourth-order valence-corrected chi connectivity index (χ4v) is 3.05. The van der Waals surface area contributed by atoms with Gasteiger partial charge in [-0.2, -0.15) is 0 Å². The number of hydrogen-bond donors (Lipinski definition) is 0. The molecular formula is C18H16Cl2N2O3. The Kier molecular flexibility index (Phi) is 5.56. The maximum atomic E-state index is 12.8. The number of carbonyl (C=O) groups excluding carboxylic acids is 2. The summed E-state index contributed by atoms with van der Waals surface area (Å²) >= 11 is 11.8. The second-order valence-corrected chi connectivity index (χ2v) is 6.49. The molecular weight excluding hydrogens is 363 g/mol. The maximum absolute atomic E-state index is 12.8. The van der Waals surface area contributed by atoms with Crippen molar-refractivity contribution in [3.63, 3.8) is 0 Å². The summed E-state index contributed by atoms with van der Waals surface area (Å²) in [6.45, 7) is 1.33. The van der Waals surface area contributed by atoms with Crippen LogP contribution in [0.25, 0.3) is 0 Å². The lowest BCUT2D eigenvalue weighted by atomic mass is 10.1. The molecule has 2 heterocycles. The van der Waals surface area contributed by atoms with Crippen molar-refractivity contribution in [2.45, 2.75) is 18.9 Å². The van der Waals surface area contributed by atoms with Gasteiger partial charge >= 0.3 is 5.97 Å². The van der Waals surface area contributed by atoms with Gasteiger partial charge in [-0.15, -0.1) is 0 Å². The van der Waals surface area contributed by atoms with E-state index in [1.54, 1.807) is 29.2 Å². The highest BCUT2D eigenvalue weighted by Crippen LogP contribution is 2.26. The van der Waals surface area contributed by atoms with E-state index in [1.807, 2.05) is 6.07 Å². The second-order valence-electron chi connectivity index (χ2n) is 5.69. The first-order valence-corrected chi connectivity index (χ1v) is 8.68. The fourth-order valence-electron chi connectivity index (χ4n) is 2.72. The molecule has 1 aliphatic heterocycles. The molecule has 1 aromatic carbocycles. The number of ether oxygens (including phenoxy) is 1. The number of aromatic nitrogens is 1. The smallest absolute Gasteiger partial charge is 0.359 e. The van der Waals surface area contributed by atoms with Crippen molar-refractivity contribution in [3.8, 4) is 0 Å². The van der Waals surface area contributed by atoms with Crippen LogP contribution in [0.5, 0.6) is 0 Å². The van der Waals surface area contributed by atoms with E-state index < -0.39 is 12.1 Å². The Balaban J connectivity index is 1.88. The van der Waals surface area contributed by atoms with Crippen LogP contribution in [0.2, 0.25) is 10.2 Å². The van der Waals surface area contributed by atoms with Gasteiger partial charge in [0.25, 0.3) is 5.91 Å². The van der Waals surface area contributed by atoms with E-state index in [1.165, 1.54) is 12.1 Å². The molecule has 5 nitrogen and oxygen atoms in total. The minimum Gasteiger partial charge on any atom is -0.443 e. The van der Waals surface area contributed by atoms with E-state index in [-0.39, 0.29) is 21.8 Å². The third kappa shape index (κ3) is 4.11. The predicted molar refractivity (Wildman–Crippen MR) is 94.7 cm³/mol. The van der Waals surface area contributed by atoms with E-state index in [2.05, 4.69) is 4.98 Å². The van der Waals surface area contributed by atoms with Crippen molar-refractivity contribution >= 4 is 35.1 Å². The third-order valence-electron chi connectivity index (χ3n) is 3.97. The van der Waals surface area contributed by atoms with Gasteiger partial charge in [-0.3, -0.25) is 4.79 Å². The van der Waals surface area contributed by atoms with Gasteiger partial charge in [0, 0.05) is 18.7 Å². The highest BCUT2D eigenvalue weighted by atomic mass is 35.5. The first kappa shape index (κ1) is 17.7. The molecule has 0 spiro atoms. The molecule has 1 fully saturated rings. The Labute approximate surface area is 155 Å². The molecule has 0 radical (unpaired) electrons. The Morgan fingerprint density at radius 2 is 1.72 bits per heavy atom. The number of likely N-dealkylation sites (tertiary alicyclic amines) is 1. The molecule has 1 saturated heterocycles. The summed E-state index contributed by atoms with van der Waals surface area (Å²) in [5.74, 6) is -1.02. The molecule has 0 bridgehead atoms. The molecule has 1 aliphatic rings. The average Bonchev–Trinajstić information content (AvgIpc) is 3.16. The number of carbonyl (C=O) groups is 2. The summed E-state index contributed by atoms with van der Waals surface area (Å²) in [5.41, 5.74) is 0.496. The van der Waals surface area contributed by atoms with Crippen LogP contribution in [-0.4, -0.2) is 34.8 Å². The Morgan fingerprint density at radius 1 is 1.04 bits per heavy atom. The number of pyridine rings is 1. The van der Waals surface area contributed by atoms with Crippen molar-refractivity contribution in [3.05, 3.63) is 63.9 Å². The molecule has 0 N–H and O–H groups in total. The Hall–Kier alpha value is -2.11. The van der Waals surface area contributed by atoms with Gasteiger partial charge in [0.05, 0.1) is 5.02 Å². The number of nitrogens with zero attached hydrogens (tertiary/aromatic N) is 2. The summed E-state index contributed by atoms with van der Waals surface area (Å²) in [5, 5.41) is 0.244. The van der Waals surface area contributed by atoms with Crippen molar-refractivity contribution in [2.24, 2.45) is 0 Å². The lowest BCUT2D eigenvalue weighted by Crippen LogP contribution is -2.35. The predicted octanol–water partition coefficient (Wildman–Crippen LogP) is 3.91. The number of halogens is 2. The molecule has 7 heteroatoms. The van der Waals surface area contributed by atoms with Crippen molar-refractivity contribution in [1.29, 1.82) is 0 Å². The Bertz CT molecular complexity index is 777. The first-order chi connectivity index (χ1) is 12.1. The zero-order chi connectivity index (χ0) is 17.8. The number of benzene rings is 1. The molecule has 2 aromatic rings. The first-order valence-electron chi connectivity index (χ1n) is 7.93. The molecule has 1 amide bonds. The minimum absolute atomic E-state index is 0.107. The van der Waals surface area contributed by atoms with Crippen molar-refractivity contribution < 1.29 is 14.3 Å². The van der Waals surface area contributed by atoms with Gasteiger partial charge in [0.1, 0.15) is 5.15 Å². The minimum atomic E-state index is -1.04. The zero-order valence-corrected chi connectivity index (χ0v) is 14.8. The van der Waals surface area contributed by atoms with Gasteiger partial charge in [-0.1, -0.05) is 53.5 Å². The van der Waals surface area contributed by atoms with E-state index in [9.17, 15) is 9.59 Å². The van der Waals surface area contributed by atoms with E-state index in [0.29, 0.717) is 18.7 Å². The van der Waals surface area contributed by atoms with Gasteiger partial charge in [0.15, 0.2) is 5.69 Å². The molecule has 1 unspecified atom stereocenters. The third-order valence-corrected chi connectivity index (χ3v) is 4.49. The standard InChI is InChI=1S/C18H16Cl2N2O3/c19-13-8-9-14(20)21-15(13)18(24)25-16(12-6-2-1-3-7-12)17(23)22-10-4-5-11-22/h1-3,6-9,16H,4-5,10-11H2. The van der Waals surface area contributed by atoms with E-state index in [4.69, 9.17) is 27.9 Å². The molecule has 25 heavy (non-hydrogen) atoms. The number of rotatable bonds is 4. The van der Waals surface area contributed by atoms with Crippen LogP contribution in [0, 0.1) is 0 Å². The summed E-state index contributed by atoms with van der Waals surface area (Å²) in [6, 6.07) is 11.9. The fraction of sp³-hybridized carbons (Fsp3) is 0.278. The summed E-state index contributed by atoms with van der Waals surface area (Å²) in [4.78, 5) is 31.0. The lowest BCUT2D eigenvalue weighted by Gasteiger charge is -2.23. The van der Waals surface area contributed by atoms with Crippen LogP contribution in [-0.2, 0) is 9.53 Å². The highest BCUT2D eigenvalue weighted by molar-refractivity contribution is 6.34. The Morgan fingerprint density at radius 3 is 2.40 bits per heavy atom. The maximum Gasteiger partial charge on any atom is 0.359 e. The normalized spacial score (nSPS) is 15.0. The van der Waals surface area contributed by atoms with Crippen LogP contribution in [0.3, 0.4) is 0 Å².